The van der Waals surface area contributed by atoms with E-state index in [1.54, 1.807) is 4.57 Å². The Morgan fingerprint density at radius 2 is 1.94 bits per heavy atom. The molecule has 0 bridgehead atoms. The minimum atomic E-state index is -1.10. The molecule has 0 radical (unpaired) electrons. The van der Waals surface area contributed by atoms with Crippen molar-refractivity contribution in [2.75, 3.05) is 0 Å². The first kappa shape index (κ1) is 12.1. The molecule has 17 heavy (non-hydrogen) atoms. The Kier molecular flexibility index (Phi) is 2.97. The van der Waals surface area contributed by atoms with E-state index in [4.69, 9.17) is 28.9 Å². The number of nitrogens with two attached hydrogens (primary N) is 1. The zero-order chi connectivity index (χ0) is 12.7. The topological polar surface area (TPSA) is 82.2 Å². The third kappa shape index (κ3) is 1.75. The first-order valence-electron chi connectivity index (χ1n) is 4.90. The predicted octanol–water partition coefficient (Wildman–Crippen LogP) is 1.13. The molecular formula is C10H8Cl2N2O3. The Labute approximate surface area is 106 Å². The maximum absolute atomic E-state index is 11.6. The SMILES string of the molecule is NC(=O)C(=O)c1c(Cl)c(C(=O)Cl)c2n1CCC2. The summed E-state index contributed by atoms with van der Waals surface area (Å²) in [5.41, 5.74) is 5.61. The van der Waals surface area contributed by atoms with Gasteiger partial charge in [0.1, 0.15) is 5.69 Å². The van der Waals surface area contributed by atoms with Crippen LogP contribution in [0.2, 0.25) is 5.02 Å². The van der Waals surface area contributed by atoms with Gasteiger partial charge in [-0.2, -0.15) is 0 Å². The van der Waals surface area contributed by atoms with E-state index in [1.165, 1.54) is 0 Å². The summed E-state index contributed by atoms with van der Waals surface area (Å²) in [5.74, 6) is -2.00. The molecule has 0 aromatic carbocycles. The molecule has 1 aromatic rings. The lowest BCUT2D eigenvalue weighted by molar-refractivity contribution is -0.114. The van der Waals surface area contributed by atoms with Gasteiger partial charge in [0.2, 0.25) is 0 Å². The molecule has 0 saturated heterocycles. The third-order valence-electron chi connectivity index (χ3n) is 2.74. The highest BCUT2D eigenvalue weighted by Crippen LogP contribution is 2.34. The molecule has 0 aliphatic carbocycles. The summed E-state index contributed by atoms with van der Waals surface area (Å²) in [6, 6.07) is 0. The average Bonchev–Trinajstić information content (AvgIpc) is 2.74. The second kappa shape index (κ2) is 4.16. The molecule has 2 N–H and O–H groups in total. The minimum Gasteiger partial charge on any atom is -0.363 e. The molecule has 2 heterocycles. The Morgan fingerprint density at radius 3 is 2.47 bits per heavy atom. The molecule has 1 aliphatic rings. The smallest absolute Gasteiger partial charge is 0.291 e. The van der Waals surface area contributed by atoms with Gasteiger partial charge < -0.3 is 10.3 Å². The average molecular weight is 275 g/mol. The van der Waals surface area contributed by atoms with Crippen LogP contribution in [0, 0.1) is 0 Å². The molecule has 2 rings (SSSR count). The van der Waals surface area contributed by atoms with Crippen molar-refractivity contribution in [2.45, 2.75) is 19.4 Å². The van der Waals surface area contributed by atoms with Crippen LogP contribution in [-0.2, 0) is 17.8 Å². The fourth-order valence-electron chi connectivity index (χ4n) is 2.08. The van der Waals surface area contributed by atoms with Gasteiger partial charge in [-0.15, -0.1) is 0 Å². The maximum Gasteiger partial charge on any atom is 0.291 e. The Morgan fingerprint density at radius 1 is 1.29 bits per heavy atom. The molecule has 7 heteroatoms. The molecule has 1 aromatic heterocycles. The number of hydrogen-bond donors (Lipinski definition) is 1. The minimum absolute atomic E-state index is 0.0318. The first-order chi connectivity index (χ1) is 7.95. The van der Waals surface area contributed by atoms with E-state index in [2.05, 4.69) is 0 Å². The molecule has 5 nitrogen and oxygen atoms in total. The molecule has 1 aliphatic heterocycles. The van der Waals surface area contributed by atoms with Crippen molar-refractivity contribution in [1.29, 1.82) is 0 Å². The normalized spacial score (nSPS) is 13.5. The van der Waals surface area contributed by atoms with Gasteiger partial charge in [0.25, 0.3) is 16.9 Å². The Bertz CT molecular complexity index is 548. The van der Waals surface area contributed by atoms with Gasteiger partial charge >= 0.3 is 0 Å². The van der Waals surface area contributed by atoms with Gasteiger partial charge in [0.05, 0.1) is 10.6 Å². The quantitative estimate of drug-likeness (QED) is 0.510. The fraction of sp³-hybridized carbons (Fsp3) is 0.300. The molecule has 0 atom stereocenters. The molecule has 0 unspecified atom stereocenters. The predicted molar refractivity (Wildman–Crippen MR) is 61.5 cm³/mol. The van der Waals surface area contributed by atoms with Gasteiger partial charge in [-0.1, -0.05) is 11.6 Å². The van der Waals surface area contributed by atoms with Crippen molar-refractivity contribution in [3.8, 4) is 0 Å². The van der Waals surface area contributed by atoms with E-state index < -0.39 is 16.9 Å². The summed E-state index contributed by atoms with van der Waals surface area (Å²) < 4.78 is 1.55. The van der Waals surface area contributed by atoms with E-state index in [-0.39, 0.29) is 16.3 Å². The van der Waals surface area contributed by atoms with Crippen molar-refractivity contribution in [2.24, 2.45) is 5.73 Å². The summed E-state index contributed by atoms with van der Waals surface area (Å²) in [7, 11) is 0. The molecule has 90 valence electrons. The number of aromatic nitrogens is 1. The fourth-order valence-corrected chi connectivity index (χ4v) is 2.72. The summed E-state index contributed by atoms with van der Waals surface area (Å²) in [4.78, 5) is 33.8. The van der Waals surface area contributed by atoms with Crippen LogP contribution in [0.1, 0.15) is 33.0 Å². The van der Waals surface area contributed by atoms with Gasteiger partial charge in [-0.25, -0.2) is 0 Å². The number of ketones is 1. The van der Waals surface area contributed by atoms with Crippen LogP contribution in [0.3, 0.4) is 0 Å². The van der Waals surface area contributed by atoms with E-state index in [1.807, 2.05) is 0 Å². The van der Waals surface area contributed by atoms with Gasteiger partial charge in [0.15, 0.2) is 0 Å². The molecule has 0 saturated carbocycles. The number of nitrogens with zero attached hydrogens (tertiary/aromatic N) is 1. The second-order valence-electron chi connectivity index (χ2n) is 3.71. The lowest BCUT2D eigenvalue weighted by Crippen LogP contribution is -2.25. The van der Waals surface area contributed by atoms with Crippen LogP contribution < -0.4 is 5.73 Å². The number of rotatable bonds is 3. The van der Waals surface area contributed by atoms with Crippen LogP contribution in [0.15, 0.2) is 0 Å². The lowest BCUT2D eigenvalue weighted by atomic mass is 10.1. The monoisotopic (exact) mass is 274 g/mol. The Balaban J connectivity index is 2.69. The third-order valence-corrected chi connectivity index (χ3v) is 3.30. The Hall–Kier alpha value is -1.33. The van der Waals surface area contributed by atoms with Gasteiger partial charge in [-0.05, 0) is 24.4 Å². The van der Waals surface area contributed by atoms with Crippen LogP contribution in [0.4, 0.5) is 0 Å². The van der Waals surface area contributed by atoms with E-state index in [9.17, 15) is 14.4 Å². The zero-order valence-corrected chi connectivity index (χ0v) is 10.1. The summed E-state index contributed by atoms with van der Waals surface area (Å²) in [6.07, 6.45) is 1.36. The van der Waals surface area contributed by atoms with E-state index in [0.717, 1.165) is 6.42 Å². The molecule has 0 fully saturated rings. The van der Waals surface area contributed by atoms with Crippen molar-refractivity contribution in [3.05, 3.63) is 22.0 Å². The number of hydrogen-bond acceptors (Lipinski definition) is 3. The zero-order valence-electron chi connectivity index (χ0n) is 8.63. The lowest BCUT2D eigenvalue weighted by Gasteiger charge is -2.02. The van der Waals surface area contributed by atoms with Crippen LogP contribution in [0.25, 0.3) is 0 Å². The summed E-state index contributed by atoms with van der Waals surface area (Å²) in [5, 5.41) is -0.812. The summed E-state index contributed by atoms with van der Waals surface area (Å²) >= 11 is 11.4. The van der Waals surface area contributed by atoms with Gasteiger partial charge in [-0.3, -0.25) is 14.4 Å². The van der Waals surface area contributed by atoms with Crippen molar-refractivity contribution in [3.63, 3.8) is 0 Å². The number of carbonyl (C=O) groups is 3. The highest BCUT2D eigenvalue weighted by molar-refractivity contribution is 6.69. The second-order valence-corrected chi connectivity index (χ2v) is 4.43. The van der Waals surface area contributed by atoms with Crippen molar-refractivity contribution >= 4 is 40.1 Å². The molecular weight excluding hydrogens is 267 g/mol. The molecule has 1 amide bonds. The highest BCUT2D eigenvalue weighted by Gasteiger charge is 2.32. The van der Waals surface area contributed by atoms with Crippen LogP contribution >= 0.6 is 23.2 Å². The van der Waals surface area contributed by atoms with Crippen molar-refractivity contribution in [1.82, 2.24) is 4.57 Å². The number of Topliss-reactive ketones (excluding diaryl/α,β-unsaturated/α-hetero) is 1. The van der Waals surface area contributed by atoms with Crippen LogP contribution in [0.5, 0.6) is 0 Å². The van der Waals surface area contributed by atoms with E-state index >= 15 is 0 Å². The highest BCUT2D eigenvalue weighted by atomic mass is 35.5. The number of fused-ring (bicyclic) bond motifs is 1. The van der Waals surface area contributed by atoms with Crippen LogP contribution in [-0.4, -0.2) is 21.5 Å². The van der Waals surface area contributed by atoms with Crippen molar-refractivity contribution < 1.29 is 14.4 Å². The number of halogens is 2. The van der Waals surface area contributed by atoms with Gasteiger partial charge in [0, 0.05) is 12.2 Å². The maximum atomic E-state index is 11.6. The number of carbonyl (C=O) groups excluding carboxylic acids is 3. The standard InChI is InChI=1S/C10H8Cl2N2O3/c11-6-5(9(12)16)4-2-1-3-14(4)7(6)8(15)10(13)17/h1-3H2,(H2,13,17). The largest absolute Gasteiger partial charge is 0.363 e. The first-order valence-corrected chi connectivity index (χ1v) is 5.65. The number of amides is 1. The number of primary amides is 1. The summed E-state index contributed by atoms with van der Waals surface area (Å²) in [6.45, 7) is 0.521. The van der Waals surface area contributed by atoms with E-state index in [0.29, 0.717) is 18.7 Å². The molecule has 0 spiro atoms.